The maximum atomic E-state index is 6.04. The van der Waals surface area contributed by atoms with Gasteiger partial charge in [-0.05, 0) is 67.2 Å². The van der Waals surface area contributed by atoms with Crippen LogP contribution in [0.25, 0.3) is 0 Å². The van der Waals surface area contributed by atoms with E-state index >= 15 is 0 Å². The molecule has 0 aromatic heterocycles. The molecule has 1 aromatic rings. The SMILES string of the molecule is CCCOc1ccc(C(C)C)c(C2CCC(N)CC2)c1. The summed E-state index contributed by atoms with van der Waals surface area (Å²) in [6.07, 6.45) is 5.81. The van der Waals surface area contributed by atoms with Crippen LogP contribution >= 0.6 is 0 Å². The van der Waals surface area contributed by atoms with E-state index in [1.807, 2.05) is 0 Å². The average Bonchev–Trinajstić information content (AvgIpc) is 2.45. The third-order valence-electron chi connectivity index (χ3n) is 4.36. The number of ether oxygens (including phenoxy) is 1. The van der Waals surface area contributed by atoms with Gasteiger partial charge in [-0.25, -0.2) is 0 Å². The first-order chi connectivity index (χ1) is 9.61. The van der Waals surface area contributed by atoms with E-state index in [1.54, 1.807) is 0 Å². The predicted molar refractivity (Wildman–Crippen MR) is 85.5 cm³/mol. The Bertz CT molecular complexity index is 419. The molecule has 1 aliphatic rings. The molecule has 2 N–H and O–H groups in total. The van der Waals surface area contributed by atoms with Gasteiger partial charge in [-0.15, -0.1) is 0 Å². The van der Waals surface area contributed by atoms with Crippen LogP contribution < -0.4 is 10.5 Å². The van der Waals surface area contributed by atoms with Gasteiger partial charge in [-0.2, -0.15) is 0 Å². The van der Waals surface area contributed by atoms with Gasteiger partial charge in [0.2, 0.25) is 0 Å². The van der Waals surface area contributed by atoms with Crippen molar-refractivity contribution in [3.63, 3.8) is 0 Å². The Kier molecular flexibility index (Phi) is 5.47. The summed E-state index contributed by atoms with van der Waals surface area (Å²) in [5.41, 5.74) is 9.03. The second-order valence-electron chi connectivity index (χ2n) is 6.41. The molecule has 0 amide bonds. The Morgan fingerprint density at radius 3 is 2.50 bits per heavy atom. The maximum Gasteiger partial charge on any atom is 0.119 e. The average molecular weight is 275 g/mol. The molecule has 0 bridgehead atoms. The van der Waals surface area contributed by atoms with Crippen molar-refractivity contribution in [1.82, 2.24) is 0 Å². The molecule has 0 unspecified atom stereocenters. The molecule has 0 spiro atoms. The van der Waals surface area contributed by atoms with Crippen LogP contribution in [0.1, 0.15) is 75.8 Å². The molecule has 20 heavy (non-hydrogen) atoms. The van der Waals surface area contributed by atoms with Crippen molar-refractivity contribution in [2.24, 2.45) is 5.73 Å². The monoisotopic (exact) mass is 275 g/mol. The summed E-state index contributed by atoms with van der Waals surface area (Å²) in [7, 11) is 0. The predicted octanol–water partition coefficient (Wildman–Crippen LogP) is 4.58. The van der Waals surface area contributed by atoms with Crippen LogP contribution in [0.4, 0.5) is 0 Å². The minimum absolute atomic E-state index is 0.410. The number of benzene rings is 1. The van der Waals surface area contributed by atoms with Crippen LogP contribution in [-0.4, -0.2) is 12.6 Å². The molecule has 112 valence electrons. The molecule has 1 aliphatic carbocycles. The van der Waals surface area contributed by atoms with Gasteiger partial charge in [-0.3, -0.25) is 0 Å². The fourth-order valence-electron chi connectivity index (χ4n) is 3.17. The lowest BCUT2D eigenvalue weighted by Gasteiger charge is -2.29. The summed E-state index contributed by atoms with van der Waals surface area (Å²) < 4.78 is 5.82. The quantitative estimate of drug-likeness (QED) is 0.853. The van der Waals surface area contributed by atoms with Crippen LogP contribution in [0.15, 0.2) is 18.2 Å². The highest BCUT2D eigenvalue weighted by Crippen LogP contribution is 2.38. The lowest BCUT2D eigenvalue weighted by molar-refractivity contribution is 0.316. The first-order valence-corrected chi connectivity index (χ1v) is 8.14. The zero-order valence-corrected chi connectivity index (χ0v) is 13.2. The summed E-state index contributed by atoms with van der Waals surface area (Å²) in [6, 6.07) is 7.09. The summed E-state index contributed by atoms with van der Waals surface area (Å²) in [6.45, 7) is 7.50. The maximum absolute atomic E-state index is 6.04. The second-order valence-corrected chi connectivity index (χ2v) is 6.41. The molecule has 2 heteroatoms. The summed E-state index contributed by atoms with van der Waals surface area (Å²) in [4.78, 5) is 0. The van der Waals surface area contributed by atoms with Crippen molar-refractivity contribution in [2.45, 2.75) is 70.8 Å². The number of hydrogen-bond acceptors (Lipinski definition) is 2. The topological polar surface area (TPSA) is 35.2 Å². The largest absolute Gasteiger partial charge is 0.494 e. The molecule has 0 aliphatic heterocycles. The van der Waals surface area contributed by atoms with Gasteiger partial charge in [-0.1, -0.05) is 26.8 Å². The smallest absolute Gasteiger partial charge is 0.119 e. The van der Waals surface area contributed by atoms with Crippen LogP contribution in [0.3, 0.4) is 0 Å². The van der Waals surface area contributed by atoms with Crippen molar-refractivity contribution in [2.75, 3.05) is 6.61 Å². The van der Waals surface area contributed by atoms with Crippen molar-refractivity contribution < 1.29 is 4.74 Å². The Balaban J connectivity index is 2.22. The molecule has 0 heterocycles. The van der Waals surface area contributed by atoms with E-state index in [0.29, 0.717) is 17.9 Å². The molecule has 0 atom stereocenters. The fraction of sp³-hybridized carbons (Fsp3) is 0.667. The second kappa shape index (κ2) is 7.12. The molecular formula is C18H29NO. The lowest BCUT2D eigenvalue weighted by atomic mass is 9.78. The van der Waals surface area contributed by atoms with Crippen molar-refractivity contribution in [1.29, 1.82) is 0 Å². The van der Waals surface area contributed by atoms with Crippen molar-refractivity contribution >= 4 is 0 Å². The standard InChI is InChI=1S/C18H29NO/c1-4-11-20-16-9-10-17(13(2)3)18(12-16)14-5-7-15(19)8-6-14/h9-10,12-15H,4-8,11,19H2,1-3H3. The molecule has 0 radical (unpaired) electrons. The van der Waals surface area contributed by atoms with E-state index in [1.165, 1.54) is 24.0 Å². The Morgan fingerprint density at radius 2 is 1.90 bits per heavy atom. The van der Waals surface area contributed by atoms with E-state index in [-0.39, 0.29) is 0 Å². The van der Waals surface area contributed by atoms with Crippen LogP contribution in [0.5, 0.6) is 5.75 Å². The van der Waals surface area contributed by atoms with Crippen molar-refractivity contribution in [3.8, 4) is 5.75 Å². The molecular weight excluding hydrogens is 246 g/mol. The molecule has 1 fully saturated rings. The normalized spacial score (nSPS) is 23.1. The van der Waals surface area contributed by atoms with Crippen LogP contribution in [-0.2, 0) is 0 Å². The van der Waals surface area contributed by atoms with E-state index in [0.717, 1.165) is 31.6 Å². The van der Waals surface area contributed by atoms with Crippen LogP contribution in [0.2, 0.25) is 0 Å². The summed E-state index contributed by atoms with van der Waals surface area (Å²) >= 11 is 0. The Labute approximate surface area is 123 Å². The fourth-order valence-corrected chi connectivity index (χ4v) is 3.17. The first-order valence-electron chi connectivity index (χ1n) is 8.14. The molecule has 1 saturated carbocycles. The lowest BCUT2D eigenvalue weighted by Crippen LogP contribution is -2.26. The van der Waals surface area contributed by atoms with Gasteiger partial charge in [0, 0.05) is 6.04 Å². The van der Waals surface area contributed by atoms with E-state index < -0.39 is 0 Å². The summed E-state index contributed by atoms with van der Waals surface area (Å²) in [5.74, 6) is 2.26. The minimum Gasteiger partial charge on any atom is -0.494 e. The van der Waals surface area contributed by atoms with Gasteiger partial charge < -0.3 is 10.5 Å². The number of rotatable bonds is 5. The Hall–Kier alpha value is -1.02. The zero-order chi connectivity index (χ0) is 14.5. The third-order valence-corrected chi connectivity index (χ3v) is 4.36. The van der Waals surface area contributed by atoms with E-state index in [4.69, 9.17) is 10.5 Å². The highest BCUT2D eigenvalue weighted by atomic mass is 16.5. The summed E-state index contributed by atoms with van der Waals surface area (Å²) in [5, 5.41) is 0. The van der Waals surface area contributed by atoms with Crippen molar-refractivity contribution in [3.05, 3.63) is 29.3 Å². The molecule has 2 rings (SSSR count). The highest BCUT2D eigenvalue weighted by Gasteiger charge is 2.23. The number of nitrogens with two attached hydrogens (primary N) is 1. The molecule has 0 saturated heterocycles. The van der Waals surface area contributed by atoms with Crippen LogP contribution in [0, 0.1) is 0 Å². The first kappa shape index (κ1) is 15.4. The molecule has 1 aromatic carbocycles. The van der Waals surface area contributed by atoms with Gasteiger partial charge in [0.25, 0.3) is 0 Å². The van der Waals surface area contributed by atoms with Gasteiger partial charge >= 0.3 is 0 Å². The van der Waals surface area contributed by atoms with Gasteiger partial charge in [0.05, 0.1) is 6.61 Å². The van der Waals surface area contributed by atoms with E-state index in [9.17, 15) is 0 Å². The minimum atomic E-state index is 0.410. The number of hydrogen-bond donors (Lipinski definition) is 1. The van der Waals surface area contributed by atoms with Gasteiger partial charge in [0.15, 0.2) is 0 Å². The Morgan fingerprint density at radius 1 is 1.20 bits per heavy atom. The molecule has 2 nitrogen and oxygen atoms in total. The van der Waals surface area contributed by atoms with E-state index in [2.05, 4.69) is 39.0 Å². The van der Waals surface area contributed by atoms with Gasteiger partial charge in [0.1, 0.15) is 5.75 Å². The zero-order valence-electron chi connectivity index (χ0n) is 13.2. The third kappa shape index (κ3) is 3.76. The highest BCUT2D eigenvalue weighted by molar-refractivity contribution is 5.40.